The van der Waals surface area contributed by atoms with Gasteiger partial charge >= 0.3 is 0 Å². The van der Waals surface area contributed by atoms with Gasteiger partial charge in [0.05, 0.1) is 5.69 Å². The van der Waals surface area contributed by atoms with E-state index >= 15 is 0 Å². The molecule has 0 spiro atoms. The van der Waals surface area contributed by atoms with Crippen LogP contribution in [-0.4, -0.2) is 22.7 Å². The molecule has 88 valence electrons. The van der Waals surface area contributed by atoms with E-state index in [1.54, 1.807) is 18.3 Å². The van der Waals surface area contributed by atoms with Crippen LogP contribution in [0.1, 0.15) is 9.67 Å². The summed E-state index contributed by atoms with van der Waals surface area (Å²) in [6.07, 6.45) is 1.61. The van der Waals surface area contributed by atoms with Crippen LogP contribution in [0.3, 0.4) is 0 Å². The molecule has 0 bridgehead atoms. The molecule has 17 heavy (non-hydrogen) atoms. The van der Waals surface area contributed by atoms with Gasteiger partial charge in [0, 0.05) is 11.6 Å². The molecule has 0 fully saturated rings. The van der Waals surface area contributed by atoms with Crippen LogP contribution in [0.4, 0.5) is 5.69 Å². The summed E-state index contributed by atoms with van der Waals surface area (Å²) in [5.41, 5.74) is 5.64. The van der Waals surface area contributed by atoms with Gasteiger partial charge in [-0.25, -0.2) is 4.98 Å². The van der Waals surface area contributed by atoms with Gasteiger partial charge in [-0.15, -0.1) is 22.9 Å². The fourth-order valence-corrected chi connectivity index (χ4v) is 2.42. The second kappa shape index (κ2) is 4.68. The molecule has 2 amide bonds. The third kappa shape index (κ3) is 2.22. The van der Waals surface area contributed by atoms with Gasteiger partial charge < -0.3 is 11.1 Å². The number of halogens is 1. The van der Waals surface area contributed by atoms with Gasteiger partial charge in [-0.3, -0.25) is 9.59 Å². The molecule has 2 aromatic heterocycles. The molecule has 0 saturated heterocycles. The topological polar surface area (TPSA) is 85.1 Å². The lowest BCUT2D eigenvalue weighted by molar-refractivity contribution is -0.113. The van der Waals surface area contributed by atoms with Crippen molar-refractivity contribution in [3.05, 3.63) is 23.2 Å². The first-order valence-corrected chi connectivity index (χ1v) is 6.01. The maximum absolute atomic E-state index is 11.3. The van der Waals surface area contributed by atoms with Gasteiger partial charge in [0.2, 0.25) is 5.91 Å². The maximum Gasteiger partial charge on any atom is 0.261 e. The molecule has 7 heteroatoms. The van der Waals surface area contributed by atoms with Crippen LogP contribution in [0.15, 0.2) is 18.3 Å². The molecular formula is C10H8ClN3O2S. The molecule has 0 aliphatic heterocycles. The molecule has 3 N–H and O–H groups in total. The molecule has 0 unspecified atom stereocenters. The number of hydrogen-bond donors (Lipinski definition) is 2. The minimum Gasteiger partial charge on any atom is -0.365 e. The van der Waals surface area contributed by atoms with Gasteiger partial charge in [0.15, 0.2) is 0 Å². The Balaban J connectivity index is 2.59. The number of carbonyl (C=O) groups excluding carboxylic acids is 2. The van der Waals surface area contributed by atoms with E-state index in [1.165, 1.54) is 0 Å². The van der Waals surface area contributed by atoms with Crippen molar-refractivity contribution in [1.29, 1.82) is 0 Å². The monoisotopic (exact) mass is 269 g/mol. The molecule has 0 saturated carbocycles. The lowest BCUT2D eigenvalue weighted by Gasteiger charge is -2.02. The number of nitrogens with zero attached hydrogens (tertiary/aromatic N) is 1. The van der Waals surface area contributed by atoms with Crippen molar-refractivity contribution in [2.75, 3.05) is 11.2 Å². The average Bonchev–Trinajstić information content (AvgIpc) is 2.68. The number of nitrogens with one attached hydrogen (secondary N) is 1. The highest BCUT2D eigenvalue weighted by atomic mass is 35.5. The number of primary amides is 1. The Morgan fingerprint density at radius 3 is 2.94 bits per heavy atom. The number of thiophene rings is 1. The fraction of sp³-hybridized carbons (Fsp3) is 0.100. The van der Waals surface area contributed by atoms with E-state index in [-0.39, 0.29) is 10.8 Å². The third-order valence-electron chi connectivity index (χ3n) is 2.08. The van der Waals surface area contributed by atoms with E-state index < -0.39 is 11.8 Å². The second-order valence-electron chi connectivity index (χ2n) is 3.21. The standard InChI is InChI=1S/C10H8ClN3O2S/c11-4-6(15)14-7-5-2-1-3-13-10(5)17-8(7)9(12)16/h1-3H,4H2,(H2,12,16)(H,14,15). The largest absolute Gasteiger partial charge is 0.365 e. The summed E-state index contributed by atoms with van der Waals surface area (Å²) in [5.74, 6) is -1.17. The normalized spacial score (nSPS) is 10.4. The quantitative estimate of drug-likeness (QED) is 0.830. The average molecular weight is 270 g/mol. The van der Waals surface area contributed by atoms with Gasteiger partial charge in [0.25, 0.3) is 5.91 Å². The van der Waals surface area contributed by atoms with Crippen LogP contribution in [0, 0.1) is 0 Å². The number of anilines is 1. The van der Waals surface area contributed by atoms with Crippen LogP contribution in [0.25, 0.3) is 10.2 Å². The Morgan fingerprint density at radius 1 is 1.53 bits per heavy atom. The van der Waals surface area contributed by atoms with E-state index in [0.29, 0.717) is 15.9 Å². The Hall–Kier alpha value is -1.66. The van der Waals surface area contributed by atoms with Gasteiger partial charge in [-0.2, -0.15) is 0 Å². The number of alkyl halides is 1. The summed E-state index contributed by atoms with van der Waals surface area (Å²) in [6, 6.07) is 3.48. The number of nitrogens with two attached hydrogens (primary N) is 1. The molecule has 2 rings (SSSR count). The Kier molecular flexibility index (Phi) is 3.26. The highest BCUT2D eigenvalue weighted by Gasteiger charge is 2.18. The molecule has 2 heterocycles. The van der Waals surface area contributed by atoms with Gasteiger partial charge in [-0.1, -0.05) is 0 Å². The van der Waals surface area contributed by atoms with Crippen molar-refractivity contribution >= 4 is 50.7 Å². The van der Waals surface area contributed by atoms with E-state index in [0.717, 1.165) is 11.3 Å². The van der Waals surface area contributed by atoms with Crippen molar-refractivity contribution in [3.63, 3.8) is 0 Å². The zero-order valence-electron chi connectivity index (χ0n) is 8.57. The number of carbonyl (C=O) groups is 2. The van der Waals surface area contributed by atoms with E-state index in [1.807, 2.05) is 0 Å². The predicted octanol–water partition coefficient (Wildman–Crippen LogP) is 1.57. The zero-order chi connectivity index (χ0) is 12.4. The maximum atomic E-state index is 11.3. The van der Waals surface area contributed by atoms with Crippen molar-refractivity contribution in [3.8, 4) is 0 Å². The number of fused-ring (bicyclic) bond motifs is 1. The van der Waals surface area contributed by atoms with Crippen LogP contribution in [0.2, 0.25) is 0 Å². The molecule has 0 atom stereocenters. The van der Waals surface area contributed by atoms with Crippen molar-refractivity contribution in [1.82, 2.24) is 4.98 Å². The smallest absolute Gasteiger partial charge is 0.261 e. The molecule has 2 aromatic rings. The predicted molar refractivity (Wildman–Crippen MR) is 67.5 cm³/mol. The summed E-state index contributed by atoms with van der Waals surface area (Å²) < 4.78 is 0. The lowest BCUT2D eigenvalue weighted by Crippen LogP contribution is -2.17. The molecule has 0 aliphatic carbocycles. The third-order valence-corrected chi connectivity index (χ3v) is 3.45. The number of pyridine rings is 1. The number of aromatic nitrogens is 1. The summed E-state index contributed by atoms with van der Waals surface area (Å²) in [5, 5.41) is 3.25. The first-order valence-electron chi connectivity index (χ1n) is 4.66. The number of amides is 2. The number of rotatable bonds is 3. The highest BCUT2D eigenvalue weighted by Crippen LogP contribution is 2.34. The molecular weight excluding hydrogens is 262 g/mol. The molecule has 0 aliphatic rings. The van der Waals surface area contributed by atoms with Crippen molar-refractivity contribution < 1.29 is 9.59 Å². The SMILES string of the molecule is NC(=O)c1sc2ncccc2c1NC(=O)CCl. The highest BCUT2D eigenvalue weighted by molar-refractivity contribution is 7.21. The fourth-order valence-electron chi connectivity index (χ4n) is 1.40. The molecule has 0 radical (unpaired) electrons. The summed E-state index contributed by atoms with van der Waals surface area (Å²) in [4.78, 5) is 27.6. The van der Waals surface area contributed by atoms with Crippen molar-refractivity contribution in [2.24, 2.45) is 5.73 Å². The minimum absolute atomic E-state index is 0.185. The first kappa shape index (κ1) is 11.8. The van der Waals surface area contributed by atoms with Crippen LogP contribution in [-0.2, 0) is 4.79 Å². The summed E-state index contributed by atoms with van der Waals surface area (Å²) in [7, 11) is 0. The minimum atomic E-state index is -0.599. The van der Waals surface area contributed by atoms with Crippen LogP contribution in [0.5, 0.6) is 0 Å². The van der Waals surface area contributed by atoms with Crippen molar-refractivity contribution in [2.45, 2.75) is 0 Å². The van der Waals surface area contributed by atoms with Crippen LogP contribution < -0.4 is 11.1 Å². The molecule has 5 nitrogen and oxygen atoms in total. The van der Waals surface area contributed by atoms with E-state index in [4.69, 9.17) is 17.3 Å². The number of hydrogen-bond acceptors (Lipinski definition) is 4. The Morgan fingerprint density at radius 2 is 2.29 bits per heavy atom. The van der Waals surface area contributed by atoms with E-state index in [2.05, 4.69) is 10.3 Å². The summed E-state index contributed by atoms with van der Waals surface area (Å²) >= 11 is 6.55. The van der Waals surface area contributed by atoms with Gasteiger partial charge in [-0.05, 0) is 12.1 Å². The van der Waals surface area contributed by atoms with Crippen LogP contribution >= 0.6 is 22.9 Å². The zero-order valence-corrected chi connectivity index (χ0v) is 10.1. The van der Waals surface area contributed by atoms with Gasteiger partial charge in [0.1, 0.15) is 15.6 Å². The molecule has 0 aromatic carbocycles. The summed E-state index contributed by atoms with van der Waals surface area (Å²) in [6.45, 7) is 0. The van der Waals surface area contributed by atoms with E-state index in [9.17, 15) is 9.59 Å². The second-order valence-corrected chi connectivity index (χ2v) is 4.47. The Labute approximate surface area is 106 Å². The Bertz CT molecular complexity index is 596. The first-order chi connectivity index (χ1) is 8.13. The lowest BCUT2D eigenvalue weighted by atomic mass is 10.2.